The molecule has 1 N–H and O–H groups in total. The number of carbonyl (C=O) groups is 3. The van der Waals surface area contributed by atoms with Gasteiger partial charge in [-0.3, -0.25) is 14.4 Å². The Morgan fingerprint density at radius 3 is 2.64 bits per heavy atom. The third kappa shape index (κ3) is 4.62. The number of Topliss-reactive ketones (excluding diaryl/α,β-unsaturated/α-hetero) is 1. The van der Waals surface area contributed by atoms with E-state index in [1.807, 2.05) is 17.9 Å². The van der Waals surface area contributed by atoms with Crippen LogP contribution in [0.15, 0.2) is 18.2 Å². The van der Waals surface area contributed by atoms with E-state index in [0.717, 1.165) is 56.2 Å². The Labute approximate surface area is 167 Å². The lowest BCUT2D eigenvalue weighted by molar-refractivity contribution is -0.122. The molecule has 2 aliphatic rings. The van der Waals surface area contributed by atoms with Gasteiger partial charge in [0.15, 0.2) is 0 Å². The van der Waals surface area contributed by atoms with Crippen LogP contribution in [0, 0.1) is 5.92 Å². The molecule has 0 bridgehead atoms. The number of carbonyl (C=O) groups excluding carboxylic acids is 3. The van der Waals surface area contributed by atoms with Gasteiger partial charge >= 0.3 is 0 Å². The van der Waals surface area contributed by atoms with E-state index in [1.54, 1.807) is 12.1 Å². The Hall–Kier alpha value is -2.17. The van der Waals surface area contributed by atoms with E-state index in [0.29, 0.717) is 18.5 Å². The first-order valence-corrected chi connectivity index (χ1v) is 10.8. The van der Waals surface area contributed by atoms with Gasteiger partial charge in [-0.05, 0) is 49.9 Å². The van der Waals surface area contributed by atoms with E-state index in [-0.39, 0.29) is 36.0 Å². The van der Waals surface area contributed by atoms with Crippen molar-refractivity contribution in [3.63, 3.8) is 0 Å². The molecule has 1 aromatic rings. The summed E-state index contributed by atoms with van der Waals surface area (Å²) in [6.45, 7) is 4.74. The minimum absolute atomic E-state index is 0.0602. The van der Waals surface area contributed by atoms with E-state index in [4.69, 9.17) is 0 Å². The van der Waals surface area contributed by atoms with E-state index in [1.165, 1.54) is 0 Å². The molecule has 3 rings (SSSR count). The fourth-order valence-corrected chi connectivity index (χ4v) is 4.43. The first-order chi connectivity index (χ1) is 13.5. The SMILES string of the molecule is CCCCCNC(=O)c1ccc2c(c1)CC(=O)CC(C)N2C(=O)C1CCCC1. The minimum Gasteiger partial charge on any atom is -0.352 e. The van der Waals surface area contributed by atoms with Crippen molar-refractivity contribution in [3.8, 4) is 0 Å². The first-order valence-electron chi connectivity index (χ1n) is 10.8. The van der Waals surface area contributed by atoms with E-state index in [2.05, 4.69) is 12.2 Å². The summed E-state index contributed by atoms with van der Waals surface area (Å²) in [6, 6.07) is 5.30. The fourth-order valence-electron chi connectivity index (χ4n) is 4.43. The van der Waals surface area contributed by atoms with Crippen LogP contribution in [0.25, 0.3) is 0 Å². The lowest BCUT2D eigenvalue weighted by Gasteiger charge is -2.31. The summed E-state index contributed by atoms with van der Waals surface area (Å²) in [7, 11) is 0. The zero-order valence-corrected chi connectivity index (χ0v) is 17.1. The van der Waals surface area contributed by atoms with Crippen molar-refractivity contribution in [1.82, 2.24) is 5.32 Å². The summed E-state index contributed by atoms with van der Waals surface area (Å²) in [5, 5.41) is 2.95. The van der Waals surface area contributed by atoms with Crippen molar-refractivity contribution in [2.45, 2.75) is 77.7 Å². The number of fused-ring (bicyclic) bond motifs is 1. The summed E-state index contributed by atoms with van der Waals surface area (Å²) < 4.78 is 0. The number of hydrogen-bond acceptors (Lipinski definition) is 3. The maximum Gasteiger partial charge on any atom is 0.251 e. The third-order valence-corrected chi connectivity index (χ3v) is 5.96. The van der Waals surface area contributed by atoms with Gasteiger partial charge < -0.3 is 10.2 Å². The number of nitrogens with one attached hydrogen (secondary N) is 1. The second kappa shape index (κ2) is 9.35. The molecule has 1 unspecified atom stereocenters. The number of hydrogen-bond donors (Lipinski definition) is 1. The molecular weight excluding hydrogens is 352 g/mol. The Balaban J connectivity index is 1.83. The van der Waals surface area contributed by atoms with Gasteiger partial charge in [0.1, 0.15) is 5.78 Å². The van der Waals surface area contributed by atoms with Crippen molar-refractivity contribution in [2.24, 2.45) is 5.92 Å². The second-order valence-corrected chi connectivity index (χ2v) is 8.26. The molecule has 1 aliphatic heterocycles. The number of anilines is 1. The maximum absolute atomic E-state index is 13.2. The topological polar surface area (TPSA) is 66.5 Å². The molecule has 152 valence electrons. The molecule has 28 heavy (non-hydrogen) atoms. The molecule has 5 heteroatoms. The van der Waals surface area contributed by atoms with Crippen molar-refractivity contribution in [3.05, 3.63) is 29.3 Å². The van der Waals surface area contributed by atoms with Crippen molar-refractivity contribution in [2.75, 3.05) is 11.4 Å². The van der Waals surface area contributed by atoms with E-state index < -0.39 is 0 Å². The van der Waals surface area contributed by atoms with E-state index in [9.17, 15) is 14.4 Å². The van der Waals surface area contributed by atoms with E-state index >= 15 is 0 Å². The van der Waals surface area contributed by atoms with Gasteiger partial charge in [-0.2, -0.15) is 0 Å². The molecule has 0 spiro atoms. The number of nitrogens with zero attached hydrogens (tertiary/aromatic N) is 1. The number of benzene rings is 1. The van der Waals surface area contributed by atoms with Gasteiger partial charge in [-0.15, -0.1) is 0 Å². The molecule has 0 aromatic heterocycles. The molecule has 5 nitrogen and oxygen atoms in total. The van der Waals surface area contributed by atoms with Gasteiger partial charge in [0.2, 0.25) is 5.91 Å². The average molecular weight is 385 g/mol. The van der Waals surface area contributed by atoms with Crippen LogP contribution >= 0.6 is 0 Å². The predicted molar refractivity (Wildman–Crippen MR) is 111 cm³/mol. The number of amides is 2. The zero-order chi connectivity index (χ0) is 20.1. The molecule has 2 amide bonds. The number of ketones is 1. The molecule has 1 aliphatic carbocycles. The average Bonchev–Trinajstić information content (AvgIpc) is 3.17. The molecule has 1 fully saturated rings. The van der Waals surface area contributed by atoms with Gasteiger partial charge in [0.05, 0.1) is 0 Å². The molecule has 1 aromatic carbocycles. The van der Waals surface area contributed by atoms with Crippen molar-refractivity contribution < 1.29 is 14.4 Å². The Kier molecular flexibility index (Phi) is 6.87. The normalized spacial score (nSPS) is 20.0. The van der Waals surface area contributed by atoms with Crippen LogP contribution in [0.5, 0.6) is 0 Å². The Morgan fingerprint density at radius 1 is 1.18 bits per heavy atom. The van der Waals surface area contributed by atoms with Crippen LogP contribution in [0.2, 0.25) is 0 Å². The monoisotopic (exact) mass is 384 g/mol. The smallest absolute Gasteiger partial charge is 0.251 e. The van der Waals surface area contributed by atoms with Crippen molar-refractivity contribution >= 4 is 23.3 Å². The Bertz CT molecular complexity index is 737. The summed E-state index contributed by atoms with van der Waals surface area (Å²) in [6.07, 6.45) is 7.88. The lowest BCUT2D eigenvalue weighted by Crippen LogP contribution is -2.42. The highest BCUT2D eigenvalue weighted by molar-refractivity contribution is 6.01. The Morgan fingerprint density at radius 2 is 1.93 bits per heavy atom. The maximum atomic E-state index is 13.2. The quantitative estimate of drug-likeness (QED) is 0.753. The molecule has 1 heterocycles. The third-order valence-electron chi connectivity index (χ3n) is 5.96. The van der Waals surface area contributed by atoms with Crippen molar-refractivity contribution in [1.29, 1.82) is 0 Å². The fraction of sp³-hybridized carbons (Fsp3) is 0.609. The van der Waals surface area contributed by atoms with Gasteiger partial charge in [0, 0.05) is 42.6 Å². The van der Waals surface area contributed by atoms with Gasteiger partial charge in [-0.1, -0.05) is 32.6 Å². The zero-order valence-electron chi connectivity index (χ0n) is 17.1. The summed E-state index contributed by atoms with van der Waals surface area (Å²) in [5.41, 5.74) is 2.16. The molecule has 0 saturated heterocycles. The second-order valence-electron chi connectivity index (χ2n) is 8.26. The van der Waals surface area contributed by atoms with Crippen LogP contribution < -0.4 is 10.2 Å². The first kappa shape index (κ1) is 20.6. The summed E-state index contributed by atoms with van der Waals surface area (Å²) in [4.78, 5) is 39.9. The van der Waals surface area contributed by atoms with Crippen LogP contribution in [0.3, 0.4) is 0 Å². The highest BCUT2D eigenvalue weighted by Gasteiger charge is 2.35. The van der Waals surface area contributed by atoms with Crippen LogP contribution in [0.4, 0.5) is 5.69 Å². The molecule has 1 saturated carbocycles. The highest BCUT2D eigenvalue weighted by Crippen LogP contribution is 2.34. The summed E-state index contributed by atoms with van der Waals surface area (Å²) in [5.74, 6) is 0.205. The van der Waals surface area contributed by atoms with Gasteiger partial charge in [0.25, 0.3) is 5.91 Å². The predicted octanol–water partition coefficient (Wildman–Crippen LogP) is 4.03. The minimum atomic E-state index is -0.143. The van der Waals surface area contributed by atoms with Crippen LogP contribution in [-0.2, 0) is 16.0 Å². The van der Waals surface area contributed by atoms with Gasteiger partial charge in [-0.25, -0.2) is 0 Å². The largest absolute Gasteiger partial charge is 0.352 e. The molecule has 1 atom stereocenters. The van der Waals surface area contributed by atoms with Crippen LogP contribution in [0.1, 0.15) is 81.1 Å². The number of rotatable bonds is 6. The summed E-state index contributed by atoms with van der Waals surface area (Å²) >= 11 is 0. The van der Waals surface area contributed by atoms with Crippen LogP contribution in [-0.4, -0.2) is 30.2 Å². The molecular formula is C23H32N2O3. The molecule has 0 radical (unpaired) electrons. The lowest BCUT2D eigenvalue weighted by atomic mass is 10.0. The highest BCUT2D eigenvalue weighted by atomic mass is 16.2. The standard InChI is InChI=1S/C23H32N2O3/c1-3-4-7-12-24-22(27)18-10-11-21-19(14-18)15-20(26)13-16(2)25(21)23(28)17-8-5-6-9-17/h10-11,14,16-17H,3-9,12-13,15H2,1-2H3,(H,24,27). The number of unbranched alkanes of at least 4 members (excludes halogenated alkanes) is 2.